The molecule has 0 fully saturated rings. The molecule has 10 heteroatoms. The zero-order valence-electron chi connectivity index (χ0n) is 18.4. The molecule has 0 saturated carbocycles. The normalized spacial score (nSPS) is 12.2. The molecule has 32 heavy (non-hydrogen) atoms. The molecule has 174 valence electrons. The molecule has 0 heterocycles. The van der Waals surface area contributed by atoms with Crippen molar-refractivity contribution in [3.8, 4) is 0 Å². The summed E-state index contributed by atoms with van der Waals surface area (Å²) in [6, 6.07) is 9.35. The Morgan fingerprint density at radius 3 is 2.31 bits per heavy atom. The van der Waals surface area contributed by atoms with Crippen molar-refractivity contribution in [1.82, 2.24) is 10.2 Å². The second-order valence-corrected chi connectivity index (χ2v) is 9.74. The Balaban J connectivity index is 2.39. The van der Waals surface area contributed by atoms with Gasteiger partial charge in [-0.05, 0) is 56.2 Å². The van der Waals surface area contributed by atoms with Crippen LogP contribution >= 0.6 is 11.6 Å². The van der Waals surface area contributed by atoms with E-state index in [9.17, 15) is 22.4 Å². The van der Waals surface area contributed by atoms with Crippen LogP contribution < -0.4 is 9.62 Å². The topological polar surface area (TPSA) is 86.8 Å². The van der Waals surface area contributed by atoms with Gasteiger partial charge in [-0.15, -0.1) is 0 Å². The number of benzene rings is 2. The Bertz CT molecular complexity index is 1080. The first-order chi connectivity index (χ1) is 14.9. The van der Waals surface area contributed by atoms with Crippen LogP contribution in [0.2, 0.25) is 5.02 Å². The number of sulfonamides is 1. The predicted molar refractivity (Wildman–Crippen MR) is 123 cm³/mol. The molecule has 1 atom stereocenters. The maximum atomic E-state index is 13.3. The second-order valence-electron chi connectivity index (χ2n) is 7.42. The SMILES string of the molecule is CCNC(=O)C(C)N(Cc1ccc(F)cc1)C(=O)CN(c1ccc(C)c(Cl)c1)S(C)(=O)=O. The highest BCUT2D eigenvalue weighted by molar-refractivity contribution is 7.92. The highest BCUT2D eigenvalue weighted by atomic mass is 35.5. The van der Waals surface area contributed by atoms with Crippen LogP contribution in [0.3, 0.4) is 0 Å². The summed E-state index contributed by atoms with van der Waals surface area (Å²) in [5.74, 6) is -1.40. The lowest BCUT2D eigenvalue weighted by Gasteiger charge is -2.31. The summed E-state index contributed by atoms with van der Waals surface area (Å²) in [6.07, 6.45) is 0.992. The van der Waals surface area contributed by atoms with E-state index < -0.39 is 34.3 Å². The van der Waals surface area contributed by atoms with Gasteiger partial charge in [-0.25, -0.2) is 12.8 Å². The Morgan fingerprint density at radius 1 is 1.16 bits per heavy atom. The Labute approximate surface area is 193 Å². The predicted octanol–water partition coefficient (Wildman–Crippen LogP) is 3.11. The number of aryl methyl sites for hydroxylation is 1. The van der Waals surface area contributed by atoms with Crippen LogP contribution in [-0.2, 0) is 26.2 Å². The lowest BCUT2D eigenvalue weighted by molar-refractivity contribution is -0.139. The van der Waals surface area contributed by atoms with Crippen molar-refractivity contribution in [2.45, 2.75) is 33.4 Å². The molecule has 0 saturated heterocycles. The average molecular weight is 484 g/mol. The van der Waals surface area contributed by atoms with E-state index in [4.69, 9.17) is 11.6 Å². The minimum Gasteiger partial charge on any atom is -0.355 e. The van der Waals surface area contributed by atoms with Gasteiger partial charge in [0.2, 0.25) is 21.8 Å². The number of nitrogens with one attached hydrogen (secondary N) is 1. The molecule has 0 aliphatic heterocycles. The first-order valence-electron chi connectivity index (χ1n) is 9.99. The van der Waals surface area contributed by atoms with Gasteiger partial charge in [-0.2, -0.15) is 0 Å². The summed E-state index contributed by atoms with van der Waals surface area (Å²) in [4.78, 5) is 27.0. The molecule has 0 aromatic heterocycles. The van der Waals surface area contributed by atoms with Crippen molar-refractivity contribution in [3.63, 3.8) is 0 Å². The maximum Gasteiger partial charge on any atom is 0.244 e. The van der Waals surface area contributed by atoms with E-state index in [2.05, 4.69) is 5.32 Å². The van der Waals surface area contributed by atoms with Gasteiger partial charge >= 0.3 is 0 Å². The molecule has 0 aliphatic carbocycles. The molecule has 1 N–H and O–H groups in total. The highest BCUT2D eigenvalue weighted by Gasteiger charge is 2.30. The van der Waals surface area contributed by atoms with Gasteiger partial charge in [0.05, 0.1) is 11.9 Å². The molecule has 0 radical (unpaired) electrons. The number of likely N-dealkylation sites (N-methyl/N-ethyl adjacent to an activating group) is 1. The van der Waals surface area contributed by atoms with Gasteiger partial charge < -0.3 is 10.2 Å². The lowest BCUT2D eigenvalue weighted by atomic mass is 10.1. The highest BCUT2D eigenvalue weighted by Crippen LogP contribution is 2.25. The number of rotatable bonds is 9. The molecule has 2 aromatic rings. The number of hydrogen-bond acceptors (Lipinski definition) is 4. The number of carbonyl (C=O) groups excluding carboxylic acids is 2. The monoisotopic (exact) mass is 483 g/mol. The van der Waals surface area contributed by atoms with Gasteiger partial charge in [-0.1, -0.05) is 29.8 Å². The largest absolute Gasteiger partial charge is 0.355 e. The molecule has 7 nitrogen and oxygen atoms in total. The Hall–Kier alpha value is -2.65. The summed E-state index contributed by atoms with van der Waals surface area (Å²) in [5, 5.41) is 3.03. The van der Waals surface area contributed by atoms with Crippen LogP contribution in [0.15, 0.2) is 42.5 Å². The van der Waals surface area contributed by atoms with E-state index >= 15 is 0 Å². The standard InChI is InChI=1S/C22H27ClFN3O4S/c1-5-25-22(29)16(3)26(13-17-7-9-18(24)10-8-17)21(28)14-27(32(4,30)31)19-11-6-15(2)20(23)12-19/h6-12,16H,5,13-14H2,1-4H3,(H,25,29). The van der Waals surface area contributed by atoms with E-state index in [1.165, 1.54) is 35.2 Å². The first-order valence-corrected chi connectivity index (χ1v) is 12.2. The minimum absolute atomic E-state index is 0.00364. The summed E-state index contributed by atoms with van der Waals surface area (Å²) < 4.78 is 39.2. The fourth-order valence-electron chi connectivity index (χ4n) is 3.04. The smallest absolute Gasteiger partial charge is 0.244 e. The quantitative estimate of drug-likeness (QED) is 0.593. The van der Waals surface area contributed by atoms with Crippen LogP contribution in [0.1, 0.15) is 25.0 Å². The molecule has 0 aliphatic rings. The molecule has 2 amide bonds. The Kier molecular flexibility index (Phi) is 8.63. The third-order valence-electron chi connectivity index (χ3n) is 4.91. The van der Waals surface area contributed by atoms with E-state index in [0.29, 0.717) is 17.1 Å². The first kappa shape index (κ1) is 25.6. The van der Waals surface area contributed by atoms with Crippen LogP contribution in [0.25, 0.3) is 0 Å². The van der Waals surface area contributed by atoms with Crippen LogP contribution in [0.5, 0.6) is 0 Å². The average Bonchev–Trinajstić information content (AvgIpc) is 2.72. The maximum absolute atomic E-state index is 13.3. The van der Waals surface area contributed by atoms with Gasteiger partial charge in [0.1, 0.15) is 18.4 Å². The minimum atomic E-state index is -3.83. The van der Waals surface area contributed by atoms with E-state index in [1.54, 1.807) is 32.9 Å². The third-order valence-corrected chi connectivity index (χ3v) is 6.45. The van der Waals surface area contributed by atoms with E-state index in [0.717, 1.165) is 16.1 Å². The molecular formula is C22H27ClFN3O4S. The fraction of sp³-hybridized carbons (Fsp3) is 0.364. The van der Waals surface area contributed by atoms with Crippen LogP contribution in [0, 0.1) is 12.7 Å². The van der Waals surface area contributed by atoms with Crippen molar-refractivity contribution in [3.05, 3.63) is 64.4 Å². The number of anilines is 1. The van der Waals surface area contributed by atoms with E-state index in [1.807, 2.05) is 0 Å². The number of carbonyl (C=O) groups is 2. The van der Waals surface area contributed by atoms with Crippen molar-refractivity contribution in [1.29, 1.82) is 0 Å². The number of hydrogen-bond donors (Lipinski definition) is 1. The van der Waals surface area contributed by atoms with Crippen molar-refractivity contribution < 1.29 is 22.4 Å². The molecule has 2 aromatic carbocycles. The Morgan fingerprint density at radius 2 is 1.78 bits per heavy atom. The number of halogens is 2. The zero-order valence-corrected chi connectivity index (χ0v) is 20.0. The van der Waals surface area contributed by atoms with Gasteiger partial charge in [0.25, 0.3) is 0 Å². The molecule has 2 rings (SSSR count). The summed E-state index contributed by atoms with van der Waals surface area (Å²) in [7, 11) is -3.83. The van der Waals surface area contributed by atoms with Gasteiger partial charge in [0, 0.05) is 18.1 Å². The lowest BCUT2D eigenvalue weighted by Crippen LogP contribution is -2.51. The van der Waals surface area contributed by atoms with Crippen LogP contribution in [-0.4, -0.2) is 50.5 Å². The third kappa shape index (κ3) is 6.67. The van der Waals surface area contributed by atoms with Crippen molar-refractivity contribution >= 4 is 39.1 Å². The molecular weight excluding hydrogens is 457 g/mol. The van der Waals surface area contributed by atoms with Crippen molar-refractivity contribution in [2.75, 3.05) is 23.7 Å². The van der Waals surface area contributed by atoms with E-state index in [-0.39, 0.29) is 18.1 Å². The molecule has 0 spiro atoms. The second kappa shape index (κ2) is 10.8. The summed E-state index contributed by atoms with van der Waals surface area (Å²) in [6.45, 7) is 4.94. The number of amides is 2. The summed E-state index contributed by atoms with van der Waals surface area (Å²) >= 11 is 6.15. The van der Waals surface area contributed by atoms with Gasteiger partial charge in [0.15, 0.2) is 0 Å². The number of nitrogens with zero attached hydrogens (tertiary/aromatic N) is 2. The molecule has 1 unspecified atom stereocenters. The van der Waals surface area contributed by atoms with Gasteiger partial charge in [-0.3, -0.25) is 13.9 Å². The zero-order chi connectivity index (χ0) is 24.1. The fourth-order valence-corrected chi connectivity index (χ4v) is 4.06. The summed E-state index contributed by atoms with van der Waals surface area (Å²) in [5.41, 5.74) is 1.60. The van der Waals surface area contributed by atoms with Crippen molar-refractivity contribution in [2.24, 2.45) is 0 Å². The molecule has 0 bridgehead atoms. The van der Waals surface area contributed by atoms with Crippen LogP contribution in [0.4, 0.5) is 10.1 Å².